The van der Waals surface area contributed by atoms with E-state index < -0.39 is 17.9 Å². The number of carboxylic acids is 1. The smallest absolute Gasteiger partial charge is 0.339 e. The Labute approximate surface area is 95.2 Å². The van der Waals surface area contributed by atoms with Gasteiger partial charge in [-0.15, -0.1) is 0 Å². The van der Waals surface area contributed by atoms with Gasteiger partial charge in [0, 0.05) is 5.56 Å². The van der Waals surface area contributed by atoms with Gasteiger partial charge in [-0.1, -0.05) is 11.6 Å². The van der Waals surface area contributed by atoms with Gasteiger partial charge in [-0.05, 0) is 24.3 Å². The summed E-state index contributed by atoms with van der Waals surface area (Å²) < 4.78 is 12.9. The van der Waals surface area contributed by atoms with Gasteiger partial charge in [-0.25, -0.2) is 9.18 Å². The number of carbonyl (C=O) groups is 1. The van der Waals surface area contributed by atoms with Crippen LogP contribution in [0.4, 0.5) is 4.39 Å². The molecule has 0 aliphatic carbocycles. The van der Waals surface area contributed by atoms with E-state index in [9.17, 15) is 9.18 Å². The maximum atomic E-state index is 12.9. The zero-order valence-electron chi connectivity index (χ0n) is 7.91. The Morgan fingerprint density at radius 3 is 2.88 bits per heavy atom. The first-order chi connectivity index (χ1) is 7.58. The fourth-order valence-corrected chi connectivity index (χ4v) is 1.47. The van der Waals surface area contributed by atoms with Crippen molar-refractivity contribution in [2.75, 3.05) is 0 Å². The van der Waals surface area contributed by atoms with E-state index in [2.05, 4.69) is 5.48 Å². The summed E-state index contributed by atoms with van der Waals surface area (Å²) in [4.78, 5) is 15.4. The van der Waals surface area contributed by atoms with Crippen LogP contribution in [0.25, 0.3) is 5.70 Å². The summed E-state index contributed by atoms with van der Waals surface area (Å²) in [6.45, 7) is 0. The summed E-state index contributed by atoms with van der Waals surface area (Å²) in [5.74, 6) is -1.63. The van der Waals surface area contributed by atoms with Crippen LogP contribution in [0.3, 0.4) is 0 Å². The van der Waals surface area contributed by atoms with Crippen LogP contribution in [-0.2, 0) is 9.63 Å². The molecule has 6 heteroatoms. The van der Waals surface area contributed by atoms with Crippen molar-refractivity contribution in [2.24, 2.45) is 0 Å². The van der Waals surface area contributed by atoms with Crippen LogP contribution in [0.1, 0.15) is 5.56 Å². The minimum absolute atomic E-state index is 0.0287. The van der Waals surface area contributed by atoms with E-state index in [0.717, 1.165) is 0 Å². The number of aliphatic carboxylic acids is 1. The quantitative estimate of drug-likeness (QED) is 0.832. The highest BCUT2D eigenvalue weighted by Gasteiger charge is 2.23. The first-order valence-corrected chi connectivity index (χ1v) is 4.77. The molecule has 84 valence electrons. The van der Waals surface area contributed by atoms with E-state index in [4.69, 9.17) is 21.5 Å². The molecule has 1 unspecified atom stereocenters. The minimum atomic E-state index is -1.10. The molecule has 0 saturated heterocycles. The lowest BCUT2D eigenvalue weighted by Crippen LogP contribution is -2.20. The van der Waals surface area contributed by atoms with Crippen molar-refractivity contribution in [3.63, 3.8) is 0 Å². The molecule has 0 aromatic heterocycles. The molecule has 16 heavy (non-hydrogen) atoms. The maximum absolute atomic E-state index is 12.9. The lowest BCUT2D eigenvalue weighted by molar-refractivity contribution is -0.148. The summed E-state index contributed by atoms with van der Waals surface area (Å²) in [6, 6.07) is 4.07. The molecule has 0 spiro atoms. The average Bonchev–Trinajstić information content (AvgIpc) is 2.71. The Kier molecular flexibility index (Phi) is 2.80. The Hall–Kier alpha value is -1.59. The van der Waals surface area contributed by atoms with E-state index in [0.29, 0.717) is 11.3 Å². The zero-order valence-corrected chi connectivity index (χ0v) is 8.66. The van der Waals surface area contributed by atoms with Gasteiger partial charge in [0.15, 0.2) is 0 Å². The summed E-state index contributed by atoms with van der Waals surface area (Å²) in [5, 5.41) is 8.65. The van der Waals surface area contributed by atoms with Crippen LogP contribution in [0.15, 0.2) is 24.3 Å². The number of halogens is 2. The number of carboxylic acid groups (broad SMARTS) is 1. The van der Waals surface area contributed by atoms with Crippen LogP contribution in [0.2, 0.25) is 5.02 Å². The molecule has 1 aromatic carbocycles. The summed E-state index contributed by atoms with van der Waals surface area (Å²) in [6.07, 6.45) is 0.338. The standard InChI is InChI=1S/C10H7ClFNO3/c11-6-3-5(1-2-7(6)12)8-4-9(10(14)15)16-13-8/h1-4,9,13H,(H,14,15). The number of hydroxylamine groups is 1. The molecule has 1 heterocycles. The van der Waals surface area contributed by atoms with Crippen LogP contribution in [-0.4, -0.2) is 17.2 Å². The second-order valence-corrected chi connectivity index (χ2v) is 3.60. The number of benzene rings is 1. The van der Waals surface area contributed by atoms with E-state index >= 15 is 0 Å². The minimum Gasteiger partial charge on any atom is -0.479 e. The molecular weight excluding hydrogens is 237 g/mol. The third kappa shape index (κ3) is 2.00. The normalized spacial score (nSPS) is 19.1. The lowest BCUT2D eigenvalue weighted by Gasteiger charge is -2.04. The van der Waals surface area contributed by atoms with Crippen molar-refractivity contribution in [3.8, 4) is 0 Å². The van der Waals surface area contributed by atoms with Crippen molar-refractivity contribution in [3.05, 3.63) is 40.7 Å². The molecule has 4 nitrogen and oxygen atoms in total. The maximum Gasteiger partial charge on any atom is 0.339 e. The van der Waals surface area contributed by atoms with Gasteiger partial charge < -0.3 is 5.11 Å². The molecule has 1 aliphatic rings. The Balaban J connectivity index is 2.29. The van der Waals surface area contributed by atoms with E-state index in [1.807, 2.05) is 0 Å². The van der Waals surface area contributed by atoms with Gasteiger partial charge >= 0.3 is 5.97 Å². The predicted octanol–water partition coefficient (Wildman–Crippen LogP) is 1.81. The molecule has 1 aliphatic heterocycles. The number of hydrogen-bond donors (Lipinski definition) is 2. The third-order valence-electron chi connectivity index (χ3n) is 2.09. The van der Waals surface area contributed by atoms with Crippen molar-refractivity contribution < 1.29 is 19.1 Å². The van der Waals surface area contributed by atoms with E-state index in [1.165, 1.54) is 24.3 Å². The van der Waals surface area contributed by atoms with Crippen molar-refractivity contribution >= 4 is 23.3 Å². The summed E-state index contributed by atoms with van der Waals surface area (Å²) in [5.41, 5.74) is 3.47. The highest BCUT2D eigenvalue weighted by molar-refractivity contribution is 6.30. The van der Waals surface area contributed by atoms with Crippen molar-refractivity contribution in [1.29, 1.82) is 0 Å². The fraction of sp³-hybridized carbons (Fsp3) is 0.100. The molecule has 1 atom stereocenters. The molecular formula is C10H7ClFNO3. The van der Waals surface area contributed by atoms with Gasteiger partial charge in [0.05, 0.1) is 10.7 Å². The largest absolute Gasteiger partial charge is 0.479 e. The molecule has 2 N–H and O–H groups in total. The fourth-order valence-electron chi connectivity index (χ4n) is 1.29. The highest BCUT2D eigenvalue weighted by Crippen LogP contribution is 2.23. The predicted molar refractivity (Wildman–Crippen MR) is 55.0 cm³/mol. The monoisotopic (exact) mass is 243 g/mol. The summed E-state index contributed by atoms with van der Waals surface area (Å²) in [7, 11) is 0. The van der Waals surface area contributed by atoms with Crippen LogP contribution >= 0.6 is 11.6 Å². The first-order valence-electron chi connectivity index (χ1n) is 4.39. The molecule has 1 aromatic rings. The van der Waals surface area contributed by atoms with Crippen LogP contribution in [0.5, 0.6) is 0 Å². The van der Waals surface area contributed by atoms with Gasteiger partial charge in [-0.2, -0.15) is 0 Å². The number of nitrogens with one attached hydrogen (secondary N) is 1. The Bertz CT molecular complexity index is 475. The molecule has 0 fully saturated rings. The number of rotatable bonds is 2. The van der Waals surface area contributed by atoms with Crippen molar-refractivity contribution in [2.45, 2.75) is 6.10 Å². The van der Waals surface area contributed by atoms with Gasteiger partial charge in [0.2, 0.25) is 6.10 Å². The summed E-state index contributed by atoms with van der Waals surface area (Å²) >= 11 is 5.60. The van der Waals surface area contributed by atoms with E-state index in [1.54, 1.807) is 0 Å². The second-order valence-electron chi connectivity index (χ2n) is 3.19. The van der Waals surface area contributed by atoms with Gasteiger partial charge in [-0.3, -0.25) is 10.3 Å². The van der Waals surface area contributed by atoms with Crippen LogP contribution in [0, 0.1) is 5.82 Å². The first kappa shape index (κ1) is 10.9. The topological polar surface area (TPSA) is 58.6 Å². The molecule has 2 rings (SSSR count). The third-order valence-corrected chi connectivity index (χ3v) is 2.38. The Morgan fingerprint density at radius 1 is 1.56 bits per heavy atom. The lowest BCUT2D eigenvalue weighted by atomic mass is 10.1. The van der Waals surface area contributed by atoms with Gasteiger partial charge in [0.1, 0.15) is 5.82 Å². The molecule has 0 radical (unpaired) electrons. The van der Waals surface area contributed by atoms with Gasteiger partial charge in [0.25, 0.3) is 0 Å². The number of hydrogen-bond acceptors (Lipinski definition) is 3. The second kappa shape index (κ2) is 4.11. The molecule has 0 amide bonds. The van der Waals surface area contributed by atoms with Crippen LogP contribution < -0.4 is 5.48 Å². The van der Waals surface area contributed by atoms with Crippen molar-refractivity contribution in [1.82, 2.24) is 5.48 Å². The zero-order chi connectivity index (χ0) is 11.7. The Morgan fingerprint density at radius 2 is 2.31 bits per heavy atom. The molecule has 0 saturated carbocycles. The highest BCUT2D eigenvalue weighted by atomic mass is 35.5. The SMILES string of the molecule is O=C(O)C1C=C(c2ccc(F)c(Cl)c2)NO1. The van der Waals surface area contributed by atoms with E-state index in [-0.39, 0.29) is 5.02 Å². The molecule has 0 bridgehead atoms. The average molecular weight is 244 g/mol.